The number of fused-ring (bicyclic) bond motifs is 3. The Labute approximate surface area is 138 Å². The monoisotopic (exact) mass is 310 g/mol. The van der Waals surface area contributed by atoms with Crippen LogP contribution in [0.2, 0.25) is 0 Å². The third kappa shape index (κ3) is 2.49. The molecule has 4 heteroatoms. The van der Waals surface area contributed by atoms with E-state index in [1.807, 2.05) is 0 Å². The molecule has 23 heavy (non-hydrogen) atoms. The SMILES string of the molecule is CCN1CCn2c(nc3cc(C4=NC[C@@H](C)CC4)ccc32)[C@H]1C. The van der Waals surface area contributed by atoms with E-state index in [0.717, 1.165) is 44.0 Å². The molecule has 1 aromatic heterocycles. The Hall–Kier alpha value is -1.68. The van der Waals surface area contributed by atoms with Gasteiger partial charge in [-0.15, -0.1) is 0 Å². The van der Waals surface area contributed by atoms with E-state index in [0.29, 0.717) is 6.04 Å². The van der Waals surface area contributed by atoms with Crippen LogP contribution in [0.25, 0.3) is 11.0 Å². The summed E-state index contributed by atoms with van der Waals surface area (Å²) >= 11 is 0. The Bertz CT molecular complexity index is 758. The molecule has 1 aromatic carbocycles. The lowest BCUT2D eigenvalue weighted by molar-refractivity contribution is 0.176. The molecule has 122 valence electrons. The van der Waals surface area contributed by atoms with E-state index < -0.39 is 0 Å². The Morgan fingerprint density at radius 1 is 1.22 bits per heavy atom. The molecule has 4 rings (SSSR count). The number of aliphatic imine (C=N–C) groups is 1. The van der Waals surface area contributed by atoms with E-state index >= 15 is 0 Å². The molecule has 2 aliphatic rings. The highest BCUT2D eigenvalue weighted by Gasteiger charge is 2.26. The van der Waals surface area contributed by atoms with Gasteiger partial charge >= 0.3 is 0 Å². The van der Waals surface area contributed by atoms with E-state index in [1.54, 1.807) is 0 Å². The van der Waals surface area contributed by atoms with Crippen molar-refractivity contribution in [1.82, 2.24) is 14.5 Å². The third-order valence-electron chi connectivity index (χ3n) is 5.52. The number of hydrogen-bond acceptors (Lipinski definition) is 3. The number of likely N-dealkylation sites (N-methyl/N-ethyl adjacent to an activating group) is 1. The maximum Gasteiger partial charge on any atom is 0.127 e. The smallest absolute Gasteiger partial charge is 0.127 e. The zero-order valence-corrected chi connectivity index (χ0v) is 14.4. The van der Waals surface area contributed by atoms with Gasteiger partial charge in [0.15, 0.2) is 0 Å². The van der Waals surface area contributed by atoms with Crippen LogP contribution < -0.4 is 0 Å². The standard InChI is InChI=1S/C19H26N4/c1-4-22-9-10-23-18-8-6-15(16-7-5-13(2)12-20-16)11-17(18)21-19(23)14(22)3/h6,8,11,13-14H,4-5,7,9-10,12H2,1-3H3/t13-,14+/m0/s1. The molecule has 0 fully saturated rings. The first-order valence-corrected chi connectivity index (χ1v) is 8.95. The lowest BCUT2D eigenvalue weighted by atomic mass is 9.96. The first-order valence-electron chi connectivity index (χ1n) is 8.95. The highest BCUT2D eigenvalue weighted by atomic mass is 15.3. The summed E-state index contributed by atoms with van der Waals surface area (Å²) in [6.07, 6.45) is 2.35. The van der Waals surface area contributed by atoms with Crippen LogP contribution in [-0.2, 0) is 6.54 Å². The van der Waals surface area contributed by atoms with Gasteiger partial charge in [0.1, 0.15) is 5.82 Å². The van der Waals surface area contributed by atoms with Crippen LogP contribution in [0.15, 0.2) is 23.2 Å². The summed E-state index contributed by atoms with van der Waals surface area (Å²) in [6.45, 7) is 11.0. The molecule has 0 radical (unpaired) electrons. The summed E-state index contributed by atoms with van der Waals surface area (Å²) in [5.41, 5.74) is 4.93. The van der Waals surface area contributed by atoms with Gasteiger partial charge in [0.05, 0.1) is 17.1 Å². The number of aromatic nitrogens is 2. The van der Waals surface area contributed by atoms with Gasteiger partial charge in [0.2, 0.25) is 0 Å². The average Bonchev–Trinajstić information content (AvgIpc) is 2.95. The first kappa shape index (κ1) is 14.9. The Morgan fingerprint density at radius 2 is 2.09 bits per heavy atom. The molecule has 0 aliphatic carbocycles. The van der Waals surface area contributed by atoms with Gasteiger partial charge in [0.25, 0.3) is 0 Å². The largest absolute Gasteiger partial charge is 0.325 e. The van der Waals surface area contributed by atoms with Crippen LogP contribution >= 0.6 is 0 Å². The second kappa shape index (κ2) is 5.75. The minimum absolute atomic E-state index is 0.400. The highest BCUT2D eigenvalue weighted by Crippen LogP contribution is 2.29. The summed E-state index contributed by atoms with van der Waals surface area (Å²) in [6, 6.07) is 7.13. The van der Waals surface area contributed by atoms with Crippen molar-refractivity contribution in [3.63, 3.8) is 0 Å². The zero-order chi connectivity index (χ0) is 16.0. The van der Waals surface area contributed by atoms with Gasteiger partial charge in [0, 0.05) is 25.3 Å². The third-order valence-corrected chi connectivity index (χ3v) is 5.52. The van der Waals surface area contributed by atoms with Crippen LogP contribution in [0.5, 0.6) is 0 Å². The van der Waals surface area contributed by atoms with Crippen molar-refractivity contribution in [1.29, 1.82) is 0 Å². The fraction of sp³-hybridized carbons (Fsp3) is 0.579. The van der Waals surface area contributed by atoms with E-state index in [-0.39, 0.29) is 0 Å². The van der Waals surface area contributed by atoms with Gasteiger partial charge in [-0.25, -0.2) is 4.98 Å². The van der Waals surface area contributed by atoms with Crippen LogP contribution in [0.4, 0.5) is 0 Å². The molecule has 2 atom stereocenters. The number of nitrogens with zero attached hydrogens (tertiary/aromatic N) is 4. The second-order valence-electron chi connectivity index (χ2n) is 7.06. The van der Waals surface area contributed by atoms with Crippen molar-refractivity contribution in [2.45, 2.75) is 46.2 Å². The van der Waals surface area contributed by atoms with Crippen molar-refractivity contribution >= 4 is 16.7 Å². The van der Waals surface area contributed by atoms with E-state index in [9.17, 15) is 0 Å². The molecule has 0 unspecified atom stereocenters. The van der Waals surface area contributed by atoms with Crippen molar-refractivity contribution < 1.29 is 0 Å². The summed E-state index contributed by atoms with van der Waals surface area (Å²) in [5, 5.41) is 0. The molecule has 0 N–H and O–H groups in total. The maximum atomic E-state index is 4.97. The predicted octanol–water partition coefficient (Wildman–Crippen LogP) is 3.65. The lowest BCUT2D eigenvalue weighted by Gasteiger charge is -2.32. The van der Waals surface area contributed by atoms with E-state index in [2.05, 4.69) is 48.4 Å². The molecule has 0 saturated carbocycles. The summed E-state index contributed by atoms with van der Waals surface area (Å²) < 4.78 is 2.40. The number of hydrogen-bond donors (Lipinski definition) is 0. The molecule has 2 aromatic rings. The fourth-order valence-corrected chi connectivity index (χ4v) is 3.95. The van der Waals surface area contributed by atoms with Crippen LogP contribution in [0.3, 0.4) is 0 Å². The highest BCUT2D eigenvalue weighted by molar-refractivity contribution is 6.03. The van der Waals surface area contributed by atoms with Crippen molar-refractivity contribution in [3.05, 3.63) is 29.6 Å². The Morgan fingerprint density at radius 3 is 2.83 bits per heavy atom. The number of imidazole rings is 1. The van der Waals surface area contributed by atoms with Gasteiger partial charge in [-0.2, -0.15) is 0 Å². The van der Waals surface area contributed by atoms with E-state index in [4.69, 9.17) is 9.98 Å². The summed E-state index contributed by atoms with van der Waals surface area (Å²) in [4.78, 5) is 12.2. The average molecular weight is 310 g/mol. The quantitative estimate of drug-likeness (QED) is 0.848. The summed E-state index contributed by atoms with van der Waals surface area (Å²) in [7, 11) is 0. The second-order valence-corrected chi connectivity index (χ2v) is 7.06. The molecule has 0 saturated heterocycles. The minimum Gasteiger partial charge on any atom is -0.325 e. The zero-order valence-electron chi connectivity index (χ0n) is 14.4. The molecule has 0 amide bonds. The van der Waals surface area contributed by atoms with Crippen LogP contribution in [0.1, 0.15) is 51.0 Å². The molecular formula is C19H26N4. The van der Waals surface area contributed by atoms with Gasteiger partial charge in [-0.1, -0.05) is 19.9 Å². The van der Waals surface area contributed by atoms with Crippen molar-refractivity contribution in [2.75, 3.05) is 19.6 Å². The number of benzene rings is 1. The molecule has 0 spiro atoms. The van der Waals surface area contributed by atoms with Gasteiger partial charge in [-0.05, 0) is 49.9 Å². The molecular weight excluding hydrogens is 284 g/mol. The van der Waals surface area contributed by atoms with Crippen molar-refractivity contribution in [2.24, 2.45) is 10.9 Å². The summed E-state index contributed by atoms with van der Waals surface area (Å²) in [5.74, 6) is 1.94. The Balaban J connectivity index is 1.74. The van der Waals surface area contributed by atoms with Crippen molar-refractivity contribution in [3.8, 4) is 0 Å². The normalized spacial score (nSPS) is 25.4. The van der Waals surface area contributed by atoms with Gasteiger partial charge < -0.3 is 4.57 Å². The molecule has 0 bridgehead atoms. The fourth-order valence-electron chi connectivity index (χ4n) is 3.95. The Kier molecular flexibility index (Phi) is 3.72. The molecule has 3 heterocycles. The van der Waals surface area contributed by atoms with Gasteiger partial charge in [-0.3, -0.25) is 9.89 Å². The first-order chi connectivity index (χ1) is 11.2. The van der Waals surface area contributed by atoms with E-state index in [1.165, 1.54) is 29.0 Å². The minimum atomic E-state index is 0.400. The van der Waals surface area contributed by atoms with Crippen LogP contribution in [0, 0.1) is 5.92 Å². The molecule has 4 nitrogen and oxygen atoms in total. The lowest BCUT2D eigenvalue weighted by Crippen LogP contribution is -2.36. The maximum absolute atomic E-state index is 4.97. The number of rotatable bonds is 2. The topological polar surface area (TPSA) is 33.4 Å². The predicted molar refractivity (Wildman–Crippen MR) is 95.2 cm³/mol. The molecule has 2 aliphatic heterocycles. The van der Waals surface area contributed by atoms with Crippen LogP contribution in [-0.4, -0.2) is 39.8 Å².